The quantitative estimate of drug-likeness (QED) is 0.663. The first-order chi connectivity index (χ1) is 12.6. The molecule has 0 saturated carbocycles. The standard InChI is InChI=1S/C18H23N5O3/c1-5-18(2,19-12-14-7-6-10-26-14)17-20-21-22-23(17)13-8-9-15(24-3)16(11-13)25-4/h6-11,19H,5,12H2,1-4H3/t18-/m1/s1. The first-order valence-corrected chi connectivity index (χ1v) is 8.40. The molecule has 0 unspecified atom stereocenters. The topological polar surface area (TPSA) is 87.2 Å². The van der Waals surface area contributed by atoms with Gasteiger partial charge in [0.05, 0.1) is 38.3 Å². The molecule has 0 saturated heterocycles. The van der Waals surface area contributed by atoms with Crippen molar-refractivity contribution in [1.82, 2.24) is 25.5 Å². The van der Waals surface area contributed by atoms with Crippen LogP contribution in [0.15, 0.2) is 41.0 Å². The van der Waals surface area contributed by atoms with Gasteiger partial charge in [0.15, 0.2) is 17.3 Å². The van der Waals surface area contributed by atoms with Gasteiger partial charge in [0.1, 0.15) is 5.76 Å². The molecular formula is C18H23N5O3. The van der Waals surface area contributed by atoms with E-state index in [9.17, 15) is 0 Å². The van der Waals surface area contributed by atoms with Gasteiger partial charge in [0, 0.05) is 6.07 Å². The lowest BCUT2D eigenvalue weighted by molar-refractivity contribution is 0.308. The number of aromatic nitrogens is 4. The lowest BCUT2D eigenvalue weighted by Crippen LogP contribution is -2.41. The zero-order chi connectivity index (χ0) is 18.6. The van der Waals surface area contributed by atoms with Gasteiger partial charge >= 0.3 is 0 Å². The van der Waals surface area contributed by atoms with Crippen LogP contribution in [-0.4, -0.2) is 34.4 Å². The summed E-state index contributed by atoms with van der Waals surface area (Å²) in [6, 6.07) is 9.37. The number of methoxy groups -OCH3 is 2. The fraction of sp³-hybridized carbons (Fsp3) is 0.389. The molecule has 8 heteroatoms. The molecule has 26 heavy (non-hydrogen) atoms. The van der Waals surface area contributed by atoms with Gasteiger partial charge in [-0.15, -0.1) is 5.10 Å². The van der Waals surface area contributed by atoms with Crippen molar-refractivity contribution in [3.8, 4) is 17.2 Å². The summed E-state index contributed by atoms with van der Waals surface area (Å²) < 4.78 is 17.8. The maximum absolute atomic E-state index is 5.41. The fourth-order valence-corrected chi connectivity index (χ4v) is 2.72. The van der Waals surface area contributed by atoms with Crippen molar-refractivity contribution in [2.75, 3.05) is 14.2 Å². The average molecular weight is 357 g/mol. The summed E-state index contributed by atoms with van der Waals surface area (Å²) in [4.78, 5) is 0. The van der Waals surface area contributed by atoms with Crippen molar-refractivity contribution in [2.24, 2.45) is 0 Å². The smallest absolute Gasteiger partial charge is 0.176 e. The molecule has 2 aromatic heterocycles. The highest BCUT2D eigenvalue weighted by molar-refractivity contribution is 5.48. The van der Waals surface area contributed by atoms with Crippen molar-refractivity contribution in [2.45, 2.75) is 32.4 Å². The Labute approximate surface area is 152 Å². The fourth-order valence-electron chi connectivity index (χ4n) is 2.72. The van der Waals surface area contributed by atoms with Gasteiger partial charge in [-0.3, -0.25) is 5.32 Å². The molecule has 1 atom stereocenters. The van der Waals surface area contributed by atoms with Crippen molar-refractivity contribution in [1.29, 1.82) is 0 Å². The number of nitrogens with zero attached hydrogens (tertiary/aromatic N) is 4. The Balaban J connectivity index is 1.93. The van der Waals surface area contributed by atoms with Crippen molar-refractivity contribution < 1.29 is 13.9 Å². The molecule has 138 valence electrons. The molecule has 3 rings (SSSR count). The van der Waals surface area contributed by atoms with Gasteiger partial charge in [-0.2, -0.15) is 4.68 Å². The van der Waals surface area contributed by atoms with E-state index >= 15 is 0 Å². The third-order valence-corrected chi connectivity index (χ3v) is 4.51. The summed E-state index contributed by atoms with van der Waals surface area (Å²) in [6.07, 6.45) is 2.45. The minimum atomic E-state index is -0.441. The van der Waals surface area contributed by atoms with E-state index < -0.39 is 5.54 Å². The lowest BCUT2D eigenvalue weighted by Gasteiger charge is -2.28. The number of hydrogen-bond donors (Lipinski definition) is 1. The normalized spacial score (nSPS) is 13.4. The number of ether oxygens (including phenoxy) is 2. The van der Waals surface area contributed by atoms with Gasteiger partial charge in [0.25, 0.3) is 0 Å². The van der Waals surface area contributed by atoms with E-state index in [0.29, 0.717) is 23.9 Å². The minimum Gasteiger partial charge on any atom is -0.493 e. The highest BCUT2D eigenvalue weighted by Crippen LogP contribution is 2.31. The van der Waals surface area contributed by atoms with Crippen LogP contribution < -0.4 is 14.8 Å². The zero-order valence-electron chi connectivity index (χ0n) is 15.4. The van der Waals surface area contributed by atoms with Crippen molar-refractivity contribution >= 4 is 0 Å². The van der Waals surface area contributed by atoms with E-state index in [1.807, 2.05) is 30.3 Å². The molecule has 0 aliphatic heterocycles. The van der Waals surface area contributed by atoms with E-state index in [-0.39, 0.29) is 0 Å². The first-order valence-electron chi connectivity index (χ1n) is 8.40. The summed E-state index contributed by atoms with van der Waals surface area (Å²) >= 11 is 0. The molecule has 1 aromatic carbocycles. The number of furan rings is 1. The van der Waals surface area contributed by atoms with E-state index in [1.165, 1.54) is 0 Å². The second kappa shape index (κ2) is 7.57. The summed E-state index contributed by atoms with van der Waals surface area (Å²) in [5.41, 5.74) is 0.353. The van der Waals surface area contributed by atoms with Gasteiger partial charge in [-0.25, -0.2) is 0 Å². The molecule has 8 nitrogen and oxygen atoms in total. The Bertz CT molecular complexity index is 846. The second-order valence-corrected chi connectivity index (χ2v) is 6.07. The van der Waals surface area contributed by atoms with Crippen LogP contribution in [0.4, 0.5) is 0 Å². The van der Waals surface area contributed by atoms with E-state index in [1.54, 1.807) is 25.2 Å². The average Bonchev–Trinajstić information content (AvgIpc) is 3.37. The molecule has 2 heterocycles. The second-order valence-electron chi connectivity index (χ2n) is 6.07. The predicted octanol–water partition coefficient (Wildman–Crippen LogP) is 2.69. The molecule has 0 spiro atoms. The van der Waals surface area contributed by atoms with Crippen LogP contribution in [0.3, 0.4) is 0 Å². The van der Waals surface area contributed by atoms with Crippen molar-refractivity contribution in [3.05, 3.63) is 48.2 Å². The van der Waals surface area contributed by atoms with Crippen LogP contribution in [0.1, 0.15) is 31.9 Å². The third kappa shape index (κ3) is 3.41. The summed E-state index contributed by atoms with van der Waals surface area (Å²) in [6.45, 7) is 4.73. The molecule has 0 aliphatic rings. The molecule has 0 fully saturated rings. The molecule has 0 radical (unpaired) electrons. The largest absolute Gasteiger partial charge is 0.493 e. The number of benzene rings is 1. The Morgan fingerprint density at radius 3 is 2.65 bits per heavy atom. The Morgan fingerprint density at radius 1 is 1.19 bits per heavy atom. The minimum absolute atomic E-state index is 0.441. The molecule has 0 aliphatic carbocycles. The van der Waals surface area contributed by atoms with E-state index in [2.05, 4.69) is 34.7 Å². The highest BCUT2D eigenvalue weighted by Gasteiger charge is 2.31. The molecule has 3 aromatic rings. The monoisotopic (exact) mass is 357 g/mol. The maximum Gasteiger partial charge on any atom is 0.176 e. The van der Waals surface area contributed by atoms with Gasteiger partial charge in [-0.05, 0) is 48.0 Å². The van der Waals surface area contributed by atoms with Crippen LogP contribution >= 0.6 is 0 Å². The predicted molar refractivity (Wildman–Crippen MR) is 95.4 cm³/mol. The number of rotatable bonds is 8. The van der Waals surface area contributed by atoms with Gasteiger partial charge in [-0.1, -0.05) is 6.92 Å². The SMILES string of the molecule is CC[C@@](C)(NCc1ccco1)c1nnnn1-c1ccc(OC)c(OC)c1. The highest BCUT2D eigenvalue weighted by atomic mass is 16.5. The zero-order valence-corrected chi connectivity index (χ0v) is 15.4. The van der Waals surface area contributed by atoms with Crippen LogP contribution in [0.25, 0.3) is 5.69 Å². The molecule has 0 amide bonds. The first kappa shape index (κ1) is 17.9. The Morgan fingerprint density at radius 2 is 2.00 bits per heavy atom. The molecule has 1 N–H and O–H groups in total. The summed E-state index contributed by atoms with van der Waals surface area (Å²) in [5, 5.41) is 15.8. The van der Waals surface area contributed by atoms with Crippen molar-refractivity contribution in [3.63, 3.8) is 0 Å². The molecule has 0 bridgehead atoms. The van der Waals surface area contributed by atoms with E-state index in [4.69, 9.17) is 13.9 Å². The number of hydrogen-bond acceptors (Lipinski definition) is 7. The molecular weight excluding hydrogens is 334 g/mol. The summed E-state index contributed by atoms with van der Waals surface area (Å²) in [7, 11) is 3.20. The van der Waals surface area contributed by atoms with Crippen LogP contribution in [0, 0.1) is 0 Å². The van der Waals surface area contributed by atoms with E-state index in [0.717, 1.165) is 17.9 Å². The number of nitrogens with one attached hydrogen (secondary N) is 1. The van der Waals surface area contributed by atoms with Crippen LogP contribution in [-0.2, 0) is 12.1 Å². The Kier molecular flexibility index (Phi) is 5.22. The van der Waals surface area contributed by atoms with Crippen LogP contribution in [0.5, 0.6) is 11.5 Å². The maximum atomic E-state index is 5.41. The third-order valence-electron chi connectivity index (χ3n) is 4.51. The Hall–Kier alpha value is -2.87. The van der Waals surface area contributed by atoms with Crippen LogP contribution in [0.2, 0.25) is 0 Å². The summed E-state index contributed by atoms with van der Waals surface area (Å²) in [5.74, 6) is 2.84. The van der Waals surface area contributed by atoms with Gasteiger partial charge < -0.3 is 13.9 Å². The van der Waals surface area contributed by atoms with Gasteiger partial charge in [0.2, 0.25) is 0 Å². The number of tetrazole rings is 1. The lowest BCUT2D eigenvalue weighted by atomic mass is 9.97.